The number of nitrogens with zero attached hydrogens (tertiary/aromatic N) is 1. The lowest BCUT2D eigenvalue weighted by Crippen LogP contribution is -2.38. The number of ether oxygens (including phenoxy) is 4. The van der Waals surface area contributed by atoms with E-state index in [1.807, 2.05) is 24.3 Å². The Balaban J connectivity index is 1.91. The first-order valence-corrected chi connectivity index (χ1v) is 12.6. The minimum Gasteiger partial charge on any atom is -0.497 e. The van der Waals surface area contributed by atoms with Crippen molar-refractivity contribution < 1.29 is 18.9 Å². The molecule has 0 saturated carbocycles. The molecule has 0 bridgehead atoms. The van der Waals surface area contributed by atoms with Gasteiger partial charge in [-0.15, -0.1) is 0 Å². The molecular formula is C31H37NO4. The van der Waals surface area contributed by atoms with Gasteiger partial charge >= 0.3 is 0 Å². The van der Waals surface area contributed by atoms with Crippen molar-refractivity contribution in [3.05, 3.63) is 77.4 Å². The summed E-state index contributed by atoms with van der Waals surface area (Å²) in [6, 6.07) is 21.2. The maximum Gasteiger partial charge on any atom is 0.161 e. The molecule has 1 heterocycles. The molecule has 0 aliphatic carbocycles. The summed E-state index contributed by atoms with van der Waals surface area (Å²) in [6.45, 7) is 3.22. The highest BCUT2D eigenvalue weighted by atomic mass is 16.5. The molecule has 4 rings (SSSR count). The summed E-state index contributed by atoms with van der Waals surface area (Å²) in [7, 11) is 6.81. The summed E-state index contributed by atoms with van der Waals surface area (Å²) in [5.41, 5.74) is 6.15. The van der Waals surface area contributed by atoms with E-state index in [1.54, 1.807) is 28.4 Å². The Morgan fingerprint density at radius 1 is 0.806 bits per heavy atom. The molecule has 1 aliphatic rings. The van der Waals surface area contributed by atoms with Crippen molar-refractivity contribution in [3.8, 4) is 23.0 Å². The molecular weight excluding hydrogens is 450 g/mol. The number of hydrogen-bond donors (Lipinski definition) is 0. The third kappa shape index (κ3) is 5.46. The minimum atomic E-state index is 0.197. The predicted molar refractivity (Wildman–Crippen MR) is 148 cm³/mol. The van der Waals surface area contributed by atoms with Crippen LogP contribution in [0.15, 0.2) is 60.7 Å². The van der Waals surface area contributed by atoms with Crippen LogP contribution >= 0.6 is 0 Å². The Morgan fingerprint density at radius 3 is 2.00 bits per heavy atom. The zero-order valence-corrected chi connectivity index (χ0v) is 22.0. The first kappa shape index (κ1) is 25.5. The molecule has 5 heteroatoms. The molecule has 3 aromatic rings. The van der Waals surface area contributed by atoms with Crippen LogP contribution in [-0.2, 0) is 6.42 Å². The predicted octanol–water partition coefficient (Wildman–Crippen LogP) is 6.88. The molecule has 0 amide bonds. The normalized spacial score (nSPS) is 16.6. The van der Waals surface area contributed by atoms with Crippen LogP contribution in [0.2, 0.25) is 0 Å². The summed E-state index contributed by atoms with van der Waals surface area (Å²) in [5, 5.41) is 0. The van der Waals surface area contributed by atoms with Crippen molar-refractivity contribution in [2.75, 3.05) is 39.9 Å². The Morgan fingerprint density at radius 2 is 1.42 bits per heavy atom. The van der Waals surface area contributed by atoms with Crippen LogP contribution in [-0.4, -0.2) is 41.0 Å². The highest BCUT2D eigenvalue weighted by molar-refractivity contribution is 5.88. The largest absolute Gasteiger partial charge is 0.497 e. The smallest absolute Gasteiger partial charge is 0.161 e. The molecule has 1 unspecified atom stereocenters. The quantitative estimate of drug-likeness (QED) is 0.346. The van der Waals surface area contributed by atoms with Gasteiger partial charge in [0, 0.05) is 12.2 Å². The SMILES string of the molecule is CCCC1/C(=C\c2ccc(OC)cc2)c2cc(OC)c(OC)cc2CCCN1c1ccc(OC)cc1. The molecule has 1 aliphatic heterocycles. The fourth-order valence-corrected chi connectivity index (χ4v) is 5.06. The molecule has 0 spiro atoms. The number of fused-ring (bicyclic) bond motifs is 1. The maximum absolute atomic E-state index is 5.74. The molecule has 190 valence electrons. The number of benzene rings is 3. The van der Waals surface area contributed by atoms with E-state index in [4.69, 9.17) is 18.9 Å². The topological polar surface area (TPSA) is 40.2 Å². The van der Waals surface area contributed by atoms with Gasteiger partial charge in [-0.05, 0) is 96.1 Å². The van der Waals surface area contributed by atoms with E-state index in [1.165, 1.54) is 22.4 Å². The van der Waals surface area contributed by atoms with Crippen LogP contribution in [0.5, 0.6) is 23.0 Å². The lowest BCUT2D eigenvalue weighted by molar-refractivity contribution is 0.354. The molecule has 0 saturated heterocycles. The lowest BCUT2D eigenvalue weighted by atomic mass is 9.85. The number of anilines is 1. The van der Waals surface area contributed by atoms with E-state index in [0.29, 0.717) is 0 Å². The van der Waals surface area contributed by atoms with Gasteiger partial charge in [-0.1, -0.05) is 25.5 Å². The number of rotatable bonds is 8. The zero-order chi connectivity index (χ0) is 25.5. The second-order valence-electron chi connectivity index (χ2n) is 9.04. The van der Waals surface area contributed by atoms with Gasteiger partial charge in [-0.3, -0.25) is 0 Å². The number of hydrogen-bond acceptors (Lipinski definition) is 5. The highest BCUT2D eigenvalue weighted by Crippen LogP contribution is 2.40. The molecule has 3 aromatic carbocycles. The van der Waals surface area contributed by atoms with Crippen molar-refractivity contribution in [1.29, 1.82) is 0 Å². The van der Waals surface area contributed by atoms with E-state index in [0.717, 1.165) is 60.8 Å². The van der Waals surface area contributed by atoms with E-state index < -0.39 is 0 Å². The van der Waals surface area contributed by atoms with E-state index in [2.05, 4.69) is 54.3 Å². The van der Waals surface area contributed by atoms with E-state index in [9.17, 15) is 0 Å². The molecule has 36 heavy (non-hydrogen) atoms. The van der Waals surface area contributed by atoms with Gasteiger partial charge in [0.15, 0.2) is 11.5 Å². The highest BCUT2D eigenvalue weighted by Gasteiger charge is 2.28. The van der Waals surface area contributed by atoms with Crippen LogP contribution in [0.4, 0.5) is 5.69 Å². The summed E-state index contributed by atoms with van der Waals surface area (Å²) in [6.07, 6.45) is 6.43. The van der Waals surface area contributed by atoms with Gasteiger partial charge in [0.05, 0.1) is 34.5 Å². The third-order valence-electron chi connectivity index (χ3n) is 6.90. The molecule has 0 fully saturated rings. The average Bonchev–Trinajstić information content (AvgIpc) is 2.92. The fourth-order valence-electron chi connectivity index (χ4n) is 5.06. The minimum absolute atomic E-state index is 0.197. The summed E-state index contributed by atoms with van der Waals surface area (Å²) in [4.78, 5) is 2.55. The molecule has 0 radical (unpaired) electrons. The van der Waals surface area contributed by atoms with Crippen molar-refractivity contribution in [2.24, 2.45) is 0 Å². The van der Waals surface area contributed by atoms with Crippen molar-refractivity contribution in [2.45, 2.75) is 38.6 Å². The van der Waals surface area contributed by atoms with Crippen molar-refractivity contribution in [1.82, 2.24) is 0 Å². The third-order valence-corrected chi connectivity index (χ3v) is 6.90. The standard InChI is InChI=1S/C31H37NO4/c1-6-8-29-28(19-22-10-14-25(33-2)15-11-22)27-21-31(36-5)30(35-4)20-23(27)9-7-18-32(29)24-12-16-26(34-3)17-13-24/h10-17,19-21,29H,6-9,18H2,1-5H3/b28-19-. The molecule has 5 nitrogen and oxygen atoms in total. The van der Waals surface area contributed by atoms with E-state index in [-0.39, 0.29) is 6.04 Å². The summed E-state index contributed by atoms with van der Waals surface area (Å²) in [5.74, 6) is 3.25. The second kappa shape index (κ2) is 11.9. The zero-order valence-electron chi connectivity index (χ0n) is 22.0. The Bertz CT molecular complexity index is 1170. The Labute approximate surface area is 215 Å². The first-order valence-electron chi connectivity index (χ1n) is 12.6. The first-order chi connectivity index (χ1) is 17.6. The van der Waals surface area contributed by atoms with Gasteiger partial charge in [0.2, 0.25) is 0 Å². The Hall–Kier alpha value is -3.60. The van der Waals surface area contributed by atoms with Gasteiger partial charge in [-0.2, -0.15) is 0 Å². The number of aryl methyl sites for hydroxylation is 1. The van der Waals surface area contributed by atoms with Crippen molar-refractivity contribution in [3.63, 3.8) is 0 Å². The van der Waals surface area contributed by atoms with Crippen LogP contribution in [0.25, 0.3) is 11.6 Å². The Kier molecular flexibility index (Phi) is 8.42. The summed E-state index contributed by atoms with van der Waals surface area (Å²) >= 11 is 0. The monoisotopic (exact) mass is 487 g/mol. The average molecular weight is 488 g/mol. The van der Waals surface area contributed by atoms with Crippen LogP contribution in [0.1, 0.15) is 42.9 Å². The second-order valence-corrected chi connectivity index (χ2v) is 9.04. The maximum atomic E-state index is 5.74. The van der Waals surface area contributed by atoms with Crippen LogP contribution < -0.4 is 23.8 Å². The van der Waals surface area contributed by atoms with Crippen LogP contribution in [0.3, 0.4) is 0 Å². The molecule has 0 aromatic heterocycles. The molecule has 0 N–H and O–H groups in total. The van der Waals surface area contributed by atoms with Crippen LogP contribution in [0, 0.1) is 0 Å². The molecule has 1 atom stereocenters. The fraction of sp³-hybridized carbons (Fsp3) is 0.355. The van der Waals surface area contributed by atoms with E-state index >= 15 is 0 Å². The summed E-state index contributed by atoms with van der Waals surface area (Å²) < 4.78 is 22.2. The number of methoxy groups -OCH3 is 4. The van der Waals surface area contributed by atoms with Gasteiger partial charge in [-0.25, -0.2) is 0 Å². The van der Waals surface area contributed by atoms with Gasteiger partial charge in [0.1, 0.15) is 11.5 Å². The van der Waals surface area contributed by atoms with Crippen molar-refractivity contribution >= 4 is 17.3 Å². The van der Waals surface area contributed by atoms with Gasteiger partial charge in [0.25, 0.3) is 0 Å². The van der Waals surface area contributed by atoms with Gasteiger partial charge < -0.3 is 23.8 Å². The lowest BCUT2D eigenvalue weighted by Gasteiger charge is -2.38.